The van der Waals surface area contributed by atoms with Crippen molar-refractivity contribution in [1.82, 2.24) is 9.55 Å². The number of rotatable bonds is 5. The van der Waals surface area contributed by atoms with Gasteiger partial charge < -0.3 is 14.2 Å². The third kappa shape index (κ3) is 3.11. The van der Waals surface area contributed by atoms with Gasteiger partial charge in [-0.1, -0.05) is 12.1 Å². The van der Waals surface area contributed by atoms with E-state index in [4.69, 9.17) is 4.74 Å². The largest absolute Gasteiger partial charge is 0.497 e. The molecule has 0 N–H and O–H groups in total. The van der Waals surface area contributed by atoms with E-state index in [1.54, 1.807) is 17.7 Å². The van der Waals surface area contributed by atoms with Crippen LogP contribution < -0.4 is 15.2 Å². The molecular formula is C19H21N3O2. The highest BCUT2D eigenvalue weighted by atomic mass is 16.5. The summed E-state index contributed by atoms with van der Waals surface area (Å²) < 4.78 is 6.95. The Morgan fingerprint density at radius 2 is 1.92 bits per heavy atom. The van der Waals surface area contributed by atoms with E-state index in [-0.39, 0.29) is 5.56 Å². The lowest BCUT2D eigenvalue weighted by atomic mass is 10.2. The van der Waals surface area contributed by atoms with Gasteiger partial charge in [0.2, 0.25) is 0 Å². The quantitative estimate of drug-likeness (QED) is 0.724. The molecule has 0 aliphatic heterocycles. The third-order valence-electron chi connectivity index (χ3n) is 4.15. The van der Waals surface area contributed by atoms with Gasteiger partial charge in [0, 0.05) is 43.9 Å². The van der Waals surface area contributed by atoms with Gasteiger partial charge in [-0.2, -0.15) is 0 Å². The van der Waals surface area contributed by atoms with E-state index in [1.807, 2.05) is 56.6 Å². The molecule has 2 aromatic heterocycles. The summed E-state index contributed by atoms with van der Waals surface area (Å²) in [6.45, 7) is 3.34. The zero-order valence-electron chi connectivity index (χ0n) is 14.2. The van der Waals surface area contributed by atoms with Crippen LogP contribution in [0.4, 0.5) is 5.82 Å². The molecule has 0 unspecified atom stereocenters. The highest BCUT2D eigenvalue weighted by molar-refractivity contribution is 5.80. The van der Waals surface area contributed by atoms with Crippen molar-refractivity contribution in [3.8, 4) is 5.75 Å². The molecule has 0 saturated carbocycles. The average molecular weight is 323 g/mol. The predicted octanol–water partition coefficient (Wildman–Crippen LogP) is 3.06. The summed E-state index contributed by atoms with van der Waals surface area (Å²) in [5, 5.41) is 0.970. The van der Waals surface area contributed by atoms with Crippen LogP contribution in [0.1, 0.15) is 12.5 Å². The number of pyridine rings is 2. The van der Waals surface area contributed by atoms with E-state index in [9.17, 15) is 4.79 Å². The van der Waals surface area contributed by atoms with Gasteiger partial charge in [0.1, 0.15) is 11.6 Å². The van der Waals surface area contributed by atoms with Crippen molar-refractivity contribution in [2.24, 2.45) is 0 Å². The maximum atomic E-state index is 12.0. The monoisotopic (exact) mass is 323 g/mol. The molecule has 0 spiro atoms. The highest BCUT2D eigenvalue weighted by Gasteiger charge is 2.08. The van der Waals surface area contributed by atoms with Crippen LogP contribution in [-0.4, -0.2) is 23.7 Å². The molecule has 0 atom stereocenters. The summed E-state index contributed by atoms with van der Waals surface area (Å²) in [4.78, 5) is 18.6. The summed E-state index contributed by atoms with van der Waals surface area (Å²) in [5.74, 6) is 1.68. The third-order valence-corrected chi connectivity index (χ3v) is 4.15. The second kappa shape index (κ2) is 6.74. The van der Waals surface area contributed by atoms with Crippen LogP contribution >= 0.6 is 0 Å². The maximum absolute atomic E-state index is 12.0. The minimum absolute atomic E-state index is 0.0138. The van der Waals surface area contributed by atoms with Crippen molar-refractivity contribution in [2.45, 2.75) is 20.0 Å². The van der Waals surface area contributed by atoms with Gasteiger partial charge in [0.05, 0.1) is 12.6 Å². The molecule has 0 aliphatic carbocycles. The summed E-state index contributed by atoms with van der Waals surface area (Å²) in [6.07, 6.45) is 1.82. The number of anilines is 1. The van der Waals surface area contributed by atoms with Gasteiger partial charge in [0.25, 0.3) is 5.56 Å². The molecule has 0 fully saturated rings. The van der Waals surface area contributed by atoms with Crippen LogP contribution in [0.3, 0.4) is 0 Å². The van der Waals surface area contributed by atoms with Crippen molar-refractivity contribution in [1.29, 1.82) is 0 Å². The number of aryl methyl sites for hydroxylation is 1. The molecule has 5 heteroatoms. The lowest BCUT2D eigenvalue weighted by Crippen LogP contribution is -2.20. The van der Waals surface area contributed by atoms with Crippen LogP contribution in [0.2, 0.25) is 0 Å². The fraction of sp³-hybridized carbons (Fsp3) is 0.263. The SMILES string of the molecule is CCn1c(=O)ccc2cnc(N(C)Cc3ccc(OC)cc3)cc21. The van der Waals surface area contributed by atoms with Crippen LogP contribution in [0.5, 0.6) is 5.75 Å². The Hall–Kier alpha value is -2.82. The van der Waals surface area contributed by atoms with Gasteiger partial charge in [-0.05, 0) is 30.7 Å². The molecule has 0 saturated heterocycles. The summed E-state index contributed by atoms with van der Waals surface area (Å²) in [7, 11) is 3.66. The van der Waals surface area contributed by atoms with Crippen molar-refractivity contribution < 1.29 is 4.74 Å². The Morgan fingerprint density at radius 1 is 1.17 bits per heavy atom. The van der Waals surface area contributed by atoms with E-state index >= 15 is 0 Å². The van der Waals surface area contributed by atoms with Gasteiger partial charge in [-0.3, -0.25) is 4.79 Å². The zero-order chi connectivity index (χ0) is 17.1. The smallest absolute Gasteiger partial charge is 0.251 e. The average Bonchev–Trinajstić information content (AvgIpc) is 2.61. The lowest BCUT2D eigenvalue weighted by Gasteiger charge is -2.19. The number of nitrogens with zero attached hydrogens (tertiary/aromatic N) is 3. The number of ether oxygens (including phenoxy) is 1. The molecule has 3 aromatic rings. The van der Waals surface area contributed by atoms with E-state index in [0.717, 1.165) is 29.0 Å². The first-order chi connectivity index (χ1) is 11.6. The molecule has 0 amide bonds. The molecule has 5 nitrogen and oxygen atoms in total. The topological polar surface area (TPSA) is 47.4 Å². The van der Waals surface area contributed by atoms with Crippen molar-refractivity contribution in [3.05, 3.63) is 64.6 Å². The first-order valence-electron chi connectivity index (χ1n) is 7.96. The van der Waals surface area contributed by atoms with Gasteiger partial charge >= 0.3 is 0 Å². The second-order valence-corrected chi connectivity index (χ2v) is 5.72. The normalized spacial score (nSPS) is 10.8. The van der Waals surface area contributed by atoms with Crippen molar-refractivity contribution in [3.63, 3.8) is 0 Å². The van der Waals surface area contributed by atoms with Crippen molar-refractivity contribution in [2.75, 3.05) is 19.1 Å². The Balaban J connectivity index is 1.91. The lowest BCUT2D eigenvalue weighted by molar-refractivity contribution is 0.414. The number of aromatic nitrogens is 2. The van der Waals surface area contributed by atoms with Crippen LogP contribution in [-0.2, 0) is 13.1 Å². The number of fused-ring (bicyclic) bond motifs is 1. The standard InChI is InChI=1S/C19H21N3O2/c1-4-22-17-11-18(20-12-15(17)7-10-19(22)23)21(2)13-14-5-8-16(24-3)9-6-14/h5-12H,4,13H2,1-3H3. The molecule has 1 aromatic carbocycles. The number of methoxy groups -OCH3 is 1. The highest BCUT2D eigenvalue weighted by Crippen LogP contribution is 2.20. The van der Waals surface area contributed by atoms with Crippen LogP contribution in [0.25, 0.3) is 10.9 Å². The Kier molecular flexibility index (Phi) is 4.51. The molecule has 3 rings (SSSR count). The number of benzene rings is 1. The molecule has 0 radical (unpaired) electrons. The minimum Gasteiger partial charge on any atom is -0.497 e. The summed E-state index contributed by atoms with van der Waals surface area (Å²) >= 11 is 0. The molecule has 0 bridgehead atoms. The fourth-order valence-electron chi connectivity index (χ4n) is 2.80. The maximum Gasteiger partial charge on any atom is 0.251 e. The zero-order valence-corrected chi connectivity index (χ0v) is 14.2. The van der Waals surface area contributed by atoms with Crippen LogP contribution in [0.15, 0.2) is 53.5 Å². The Bertz CT molecular complexity index is 901. The van der Waals surface area contributed by atoms with Gasteiger partial charge in [-0.25, -0.2) is 4.98 Å². The molecule has 0 aliphatic rings. The Labute approximate surface area is 141 Å². The van der Waals surface area contributed by atoms with E-state index in [2.05, 4.69) is 9.88 Å². The second-order valence-electron chi connectivity index (χ2n) is 5.72. The number of hydrogen-bond donors (Lipinski definition) is 0. The van der Waals surface area contributed by atoms with Gasteiger partial charge in [0.15, 0.2) is 0 Å². The van der Waals surface area contributed by atoms with E-state index in [1.165, 1.54) is 5.56 Å². The van der Waals surface area contributed by atoms with E-state index < -0.39 is 0 Å². The van der Waals surface area contributed by atoms with E-state index in [0.29, 0.717) is 6.54 Å². The first kappa shape index (κ1) is 16.1. The summed E-state index contributed by atoms with van der Waals surface area (Å²) in [6, 6.07) is 13.4. The molecular weight excluding hydrogens is 302 g/mol. The van der Waals surface area contributed by atoms with Crippen molar-refractivity contribution >= 4 is 16.7 Å². The number of hydrogen-bond acceptors (Lipinski definition) is 4. The Morgan fingerprint density at radius 3 is 2.58 bits per heavy atom. The van der Waals surface area contributed by atoms with Gasteiger partial charge in [-0.15, -0.1) is 0 Å². The minimum atomic E-state index is 0.0138. The fourth-order valence-corrected chi connectivity index (χ4v) is 2.80. The molecule has 124 valence electrons. The van der Waals surface area contributed by atoms with Crippen LogP contribution in [0, 0.1) is 0 Å². The predicted molar refractivity (Wildman–Crippen MR) is 96.8 cm³/mol. The molecule has 2 heterocycles. The first-order valence-corrected chi connectivity index (χ1v) is 7.96. The molecule has 24 heavy (non-hydrogen) atoms. The summed E-state index contributed by atoms with van der Waals surface area (Å²) in [5.41, 5.74) is 2.10.